The van der Waals surface area contributed by atoms with Crippen molar-refractivity contribution in [3.63, 3.8) is 0 Å². The molecule has 0 amide bonds. The van der Waals surface area contributed by atoms with Crippen LogP contribution >= 0.6 is 0 Å². The monoisotopic (exact) mass is 239 g/mol. The van der Waals surface area contributed by atoms with E-state index in [9.17, 15) is 4.79 Å². The number of nitrogens with zero attached hydrogens (tertiary/aromatic N) is 2. The van der Waals surface area contributed by atoms with Gasteiger partial charge in [-0.1, -0.05) is 12.1 Å². The molecule has 0 saturated heterocycles. The number of hydrogen-bond donors (Lipinski definition) is 2. The van der Waals surface area contributed by atoms with Gasteiger partial charge in [-0.2, -0.15) is 10.2 Å². The summed E-state index contributed by atoms with van der Waals surface area (Å²) in [5.74, 6) is -1.01. The van der Waals surface area contributed by atoms with E-state index in [1.807, 2.05) is 30.5 Å². The number of carboxylic acids is 1. The average Bonchev–Trinajstić information content (AvgIpc) is 2.87. The number of nitrogens with one attached hydrogen (secondary N) is 1. The zero-order valence-corrected chi connectivity index (χ0v) is 9.29. The maximum Gasteiger partial charge on any atom is 0.337 e. The van der Waals surface area contributed by atoms with Crippen LogP contribution in [0.1, 0.15) is 10.4 Å². The van der Waals surface area contributed by atoms with E-state index in [1.54, 1.807) is 0 Å². The summed E-state index contributed by atoms with van der Waals surface area (Å²) in [5.41, 5.74) is 2.53. The van der Waals surface area contributed by atoms with Crippen molar-refractivity contribution >= 4 is 16.9 Å². The molecular formula is C13H9N3O2. The van der Waals surface area contributed by atoms with Crippen molar-refractivity contribution in [1.29, 1.82) is 0 Å². The smallest absolute Gasteiger partial charge is 0.337 e. The lowest BCUT2D eigenvalue weighted by Crippen LogP contribution is -1.99. The Morgan fingerprint density at radius 2 is 2.17 bits per heavy atom. The molecule has 0 fully saturated rings. The number of benzene rings is 1. The minimum Gasteiger partial charge on any atom is -0.478 e. The summed E-state index contributed by atoms with van der Waals surface area (Å²) in [4.78, 5) is 14.0. The first-order valence-electron chi connectivity index (χ1n) is 5.38. The van der Waals surface area contributed by atoms with E-state index in [0.717, 1.165) is 16.5 Å². The van der Waals surface area contributed by atoms with Crippen LogP contribution in [-0.4, -0.2) is 26.3 Å². The lowest BCUT2D eigenvalue weighted by atomic mass is 10.1. The van der Waals surface area contributed by atoms with Gasteiger partial charge in [-0.15, -0.1) is 0 Å². The van der Waals surface area contributed by atoms with Gasteiger partial charge < -0.3 is 10.1 Å². The molecule has 3 rings (SSSR count). The lowest BCUT2D eigenvalue weighted by molar-refractivity contribution is 0.0696. The van der Waals surface area contributed by atoms with Crippen LogP contribution in [0.2, 0.25) is 0 Å². The molecule has 0 spiro atoms. The maximum atomic E-state index is 10.9. The molecule has 0 atom stereocenters. The SMILES string of the molecule is O=C(O)c1cnnc(-c2cccc3[nH]ccc23)c1. The zero-order chi connectivity index (χ0) is 12.5. The Morgan fingerprint density at radius 3 is 3.00 bits per heavy atom. The number of H-pyrrole nitrogens is 1. The average molecular weight is 239 g/mol. The second kappa shape index (κ2) is 3.96. The number of rotatable bonds is 2. The Bertz CT molecular complexity index is 734. The van der Waals surface area contributed by atoms with Crippen molar-refractivity contribution in [1.82, 2.24) is 15.2 Å². The van der Waals surface area contributed by atoms with Crippen molar-refractivity contribution in [3.8, 4) is 11.3 Å². The van der Waals surface area contributed by atoms with Gasteiger partial charge in [0.25, 0.3) is 0 Å². The van der Waals surface area contributed by atoms with E-state index in [0.29, 0.717) is 5.69 Å². The summed E-state index contributed by atoms with van der Waals surface area (Å²) >= 11 is 0. The molecule has 3 aromatic rings. The third-order valence-corrected chi connectivity index (χ3v) is 2.77. The molecule has 0 saturated carbocycles. The first kappa shape index (κ1) is 10.5. The van der Waals surface area contributed by atoms with Crippen molar-refractivity contribution in [3.05, 3.63) is 48.3 Å². The molecule has 0 aliphatic carbocycles. The first-order valence-corrected chi connectivity index (χ1v) is 5.38. The quantitative estimate of drug-likeness (QED) is 0.719. The van der Waals surface area contributed by atoms with Gasteiger partial charge in [0.1, 0.15) is 0 Å². The van der Waals surface area contributed by atoms with Crippen LogP contribution in [0.4, 0.5) is 0 Å². The van der Waals surface area contributed by atoms with Crippen molar-refractivity contribution < 1.29 is 9.90 Å². The second-order valence-electron chi connectivity index (χ2n) is 3.88. The van der Waals surface area contributed by atoms with E-state index in [4.69, 9.17) is 5.11 Å². The van der Waals surface area contributed by atoms with Crippen LogP contribution in [0.3, 0.4) is 0 Å². The van der Waals surface area contributed by atoms with Crippen LogP contribution in [0.25, 0.3) is 22.2 Å². The topological polar surface area (TPSA) is 78.9 Å². The molecule has 5 nitrogen and oxygen atoms in total. The van der Waals surface area contributed by atoms with Gasteiger partial charge in [0.2, 0.25) is 0 Å². The number of hydrogen-bond acceptors (Lipinski definition) is 3. The first-order chi connectivity index (χ1) is 8.75. The lowest BCUT2D eigenvalue weighted by Gasteiger charge is -2.02. The van der Waals surface area contributed by atoms with E-state index in [2.05, 4.69) is 15.2 Å². The fourth-order valence-corrected chi connectivity index (χ4v) is 1.92. The number of carboxylic acid groups (broad SMARTS) is 1. The second-order valence-corrected chi connectivity index (χ2v) is 3.88. The predicted octanol–water partition coefficient (Wildman–Crippen LogP) is 2.32. The summed E-state index contributed by atoms with van der Waals surface area (Å²) in [5, 5.41) is 17.7. The van der Waals surface area contributed by atoms with E-state index in [1.165, 1.54) is 12.3 Å². The van der Waals surface area contributed by atoms with E-state index >= 15 is 0 Å². The van der Waals surface area contributed by atoms with Crippen LogP contribution < -0.4 is 0 Å². The van der Waals surface area contributed by atoms with Crippen LogP contribution in [0.5, 0.6) is 0 Å². The van der Waals surface area contributed by atoms with Gasteiger partial charge in [-0.05, 0) is 18.2 Å². The molecule has 2 N–H and O–H groups in total. The molecular weight excluding hydrogens is 230 g/mol. The fourth-order valence-electron chi connectivity index (χ4n) is 1.92. The summed E-state index contributed by atoms with van der Waals surface area (Å²) in [6, 6.07) is 9.19. The van der Waals surface area contributed by atoms with Gasteiger partial charge in [0, 0.05) is 22.7 Å². The summed E-state index contributed by atoms with van der Waals surface area (Å²) in [6.07, 6.45) is 3.08. The van der Waals surface area contributed by atoms with Gasteiger partial charge in [-0.3, -0.25) is 0 Å². The third kappa shape index (κ3) is 1.62. The van der Waals surface area contributed by atoms with E-state index in [-0.39, 0.29) is 5.56 Å². The number of carbonyl (C=O) groups is 1. The molecule has 5 heteroatoms. The Labute approximate surface area is 102 Å². The molecule has 1 aromatic carbocycles. The standard InChI is InChI=1S/C13H9N3O2/c17-13(18)8-6-12(16-15-7-8)9-2-1-3-11-10(9)4-5-14-11/h1-7,14H,(H,17,18). The van der Waals surface area contributed by atoms with Crippen LogP contribution in [0, 0.1) is 0 Å². The van der Waals surface area contributed by atoms with Gasteiger partial charge >= 0.3 is 5.97 Å². The number of aromatic nitrogens is 3. The third-order valence-electron chi connectivity index (χ3n) is 2.77. The summed E-state index contributed by atoms with van der Waals surface area (Å²) in [6.45, 7) is 0. The molecule has 0 radical (unpaired) electrons. The van der Waals surface area contributed by atoms with Gasteiger partial charge in [0.05, 0.1) is 17.5 Å². The minimum absolute atomic E-state index is 0.132. The molecule has 2 aromatic heterocycles. The highest BCUT2D eigenvalue weighted by atomic mass is 16.4. The number of fused-ring (bicyclic) bond motifs is 1. The number of aromatic amines is 1. The molecule has 0 unspecified atom stereocenters. The molecule has 88 valence electrons. The van der Waals surface area contributed by atoms with Gasteiger partial charge in [-0.25, -0.2) is 4.79 Å². The Balaban J connectivity index is 2.23. The maximum absolute atomic E-state index is 10.9. The Morgan fingerprint density at radius 1 is 1.28 bits per heavy atom. The Hall–Kier alpha value is -2.69. The van der Waals surface area contributed by atoms with Gasteiger partial charge in [0.15, 0.2) is 0 Å². The fraction of sp³-hybridized carbons (Fsp3) is 0. The molecule has 18 heavy (non-hydrogen) atoms. The highest BCUT2D eigenvalue weighted by Gasteiger charge is 2.09. The molecule has 2 heterocycles. The normalized spacial score (nSPS) is 10.7. The van der Waals surface area contributed by atoms with E-state index < -0.39 is 5.97 Å². The highest BCUT2D eigenvalue weighted by molar-refractivity contribution is 5.95. The molecule has 0 bridgehead atoms. The molecule has 0 aliphatic rings. The molecule has 0 aliphatic heterocycles. The highest BCUT2D eigenvalue weighted by Crippen LogP contribution is 2.26. The van der Waals surface area contributed by atoms with Crippen molar-refractivity contribution in [2.45, 2.75) is 0 Å². The van der Waals surface area contributed by atoms with Crippen molar-refractivity contribution in [2.75, 3.05) is 0 Å². The number of aromatic carboxylic acids is 1. The largest absolute Gasteiger partial charge is 0.478 e. The van der Waals surface area contributed by atoms with Crippen molar-refractivity contribution in [2.24, 2.45) is 0 Å². The minimum atomic E-state index is -1.01. The van der Waals surface area contributed by atoms with Crippen LogP contribution in [-0.2, 0) is 0 Å². The van der Waals surface area contributed by atoms with Crippen LogP contribution in [0.15, 0.2) is 42.7 Å². The Kier molecular flexibility index (Phi) is 2.30. The summed E-state index contributed by atoms with van der Waals surface area (Å²) in [7, 11) is 0. The predicted molar refractivity (Wildman–Crippen MR) is 66.3 cm³/mol. The summed E-state index contributed by atoms with van der Waals surface area (Å²) < 4.78 is 0. The zero-order valence-electron chi connectivity index (χ0n) is 9.29.